The van der Waals surface area contributed by atoms with E-state index in [-0.39, 0.29) is 6.04 Å². The smallest absolute Gasteiger partial charge is 0.150 e. The topological polar surface area (TPSA) is 55.0 Å². The number of nitrogens with two attached hydrogens (primary N) is 1. The molecule has 0 spiro atoms. The van der Waals surface area contributed by atoms with Crippen molar-refractivity contribution in [3.8, 4) is 0 Å². The van der Waals surface area contributed by atoms with Crippen molar-refractivity contribution in [3.63, 3.8) is 0 Å². The Morgan fingerprint density at radius 1 is 1.43 bits per heavy atom. The molecule has 2 N–H and O–H groups in total. The minimum atomic E-state index is 0.283. The van der Waals surface area contributed by atoms with Crippen LogP contribution in [0.15, 0.2) is 12.4 Å². The maximum Gasteiger partial charge on any atom is 0.150 e. The van der Waals surface area contributed by atoms with Crippen molar-refractivity contribution in [1.29, 1.82) is 0 Å². The number of piperidine rings is 1. The van der Waals surface area contributed by atoms with Crippen LogP contribution in [0.3, 0.4) is 0 Å². The first kappa shape index (κ1) is 9.40. The summed E-state index contributed by atoms with van der Waals surface area (Å²) >= 11 is 0. The molecule has 1 saturated heterocycles. The van der Waals surface area contributed by atoms with Gasteiger partial charge in [-0.2, -0.15) is 0 Å². The molecule has 0 aromatic carbocycles. The van der Waals surface area contributed by atoms with Crippen molar-refractivity contribution in [2.45, 2.75) is 25.8 Å². The Balaban J connectivity index is 2.18. The van der Waals surface area contributed by atoms with E-state index >= 15 is 0 Å². The Labute approximate surface area is 84.2 Å². The molecule has 14 heavy (non-hydrogen) atoms. The monoisotopic (exact) mass is 192 g/mol. The molecule has 0 saturated carbocycles. The normalized spacial score (nSPS) is 22.4. The van der Waals surface area contributed by atoms with Crippen LogP contribution in [0.5, 0.6) is 0 Å². The second kappa shape index (κ2) is 3.92. The van der Waals surface area contributed by atoms with Gasteiger partial charge in [0, 0.05) is 31.5 Å². The zero-order valence-corrected chi connectivity index (χ0v) is 8.48. The fraction of sp³-hybridized carbons (Fsp3) is 0.600. The van der Waals surface area contributed by atoms with E-state index < -0.39 is 0 Å². The molecule has 1 aromatic rings. The molecule has 4 heteroatoms. The van der Waals surface area contributed by atoms with E-state index in [1.807, 2.05) is 6.92 Å². The van der Waals surface area contributed by atoms with Gasteiger partial charge in [-0.25, -0.2) is 4.98 Å². The Kier molecular flexibility index (Phi) is 2.63. The average molecular weight is 192 g/mol. The van der Waals surface area contributed by atoms with Gasteiger partial charge in [0.25, 0.3) is 0 Å². The highest BCUT2D eigenvalue weighted by Gasteiger charge is 2.19. The van der Waals surface area contributed by atoms with Crippen molar-refractivity contribution in [3.05, 3.63) is 18.1 Å². The SMILES string of the molecule is Cc1nccnc1N1CCC[C@@H](N)C1. The van der Waals surface area contributed by atoms with Crippen molar-refractivity contribution in [1.82, 2.24) is 9.97 Å². The zero-order valence-electron chi connectivity index (χ0n) is 8.48. The number of rotatable bonds is 1. The fourth-order valence-corrected chi connectivity index (χ4v) is 1.91. The first-order chi connectivity index (χ1) is 6.77. The van der Waals surface area contributed by atoms with Gasteiger partial charge in [-0.05, 0) is 19.8 Å². The summed E-state index contributed by atoms with van der Waals surface area (Å²) in [5, 5.41) is 0. The minimum absolute atomic E-state index is 0.283. The predicted molar refractivity (Wildman–Crippen MR) is 56.2 cm³/mol. The molecule has 0 radical (unpaired) electrons. The quantitative estimate of drug-likeness (QED) is 0.712. The molecule has 1 aromatic heterocycles. The van der Waals surface area contributed by atoms with Gasteiger partial charge in [0.15, 0.2) is 0 Å². The second-order valence-electron chi connectivity index (χ2n) is 3.81. The van der Waals surface area contributed by atoms with Crippen LogP contribution >= 0.6 is 0 Å². The Hall–Kier alpha value is -1.16. The van der Waals surface area contributed by atoms with Crippen molar-refractivity contribution in [2.24, 2.45) is 5.73 Å². The van der Waals surface area contributed by atoms with Gasteiger partial charge < -0.3 is 10.6 Å². The van der Waals surface area contributed by atoms with Crippen molar-refractivity contribution < 1.29 is 0 Å². The highest BCUT2D eigenvalue weighted by molar-refractivity contribution is 5.42. The summed E-state index contributed by atoms with van der Waals surface area (Å²) in [6, 6.07) is 0.283. The lowest BCUT2D eigenvalue weighted by atomic mass is 10.1. The molecule has 1 fully saturated rings. The molecule has 1 aliphatic rings. The zero-order chi connectivity index (χ0) is 9.97. The number of aromatic nitrogens is 2. The number of anilines is 1. The van der Waals surface area contributed by atoms with E-state index in [4.69, 9.17) is 5.73 Å². The molecule has 0 amide bonds. The summed E-state index contributed by atoms with van der Waals surface area (Å²) in [6.07, 6.45) is 5.73. The van der Waals surface area contributed by atoms with E-state index in [1.54, 1.807) is 12.4 Å². The largest absolute Gasteiger partial charge is 0.354 e. The highest BCUT2D eigenvalue weighted by atomic mass is 15.2. The summed E-state index contributed by atoms with van der Waals surface area (Å²) in [4.78, 5) is 10.8. The van der Waals surface area contributed by atoms with Gasteiger partial charge in [0.2, 0.25) is 0 Å². The molecule has 2 heterocycles. The van der Waals surface area contributed by atoms with E-state index in [0.29, 0.717) is 0 Å². The van der Waals surface area contributed by atoms with Crippen LogP contribution in [0.25, 0.3) is 0 Å². The van der Waals surface area contributed by atoms with Crippen LogP contribution in [0.4, 0.5) is 5.82 Å². The lowest BCUT2D eigenvalue weighted by molar-refractivity contribution is 0.502. The first-order valence-corrected chi connectivity index (χ1v) is 5.05. The maximum atomic E-state index is 5.92. The number of hydrogen-bond acceptors (Lipinski definition) is 4. The Morgan fingerprint density at radius 3 is 2.93 bits per heavy atom. The van der Waals surface area contributed by atoms with E-state index in [1.165, 1.54) is 0 Å². The van der Waals surface area contributed by atoms with Gasteiger partial charge >= 0.3 is 0 Å². The number of nitrogens with zero attached hydrogens (tertiary/aromatic N) is 3. The van der Waals surface area contributed by atoms with Crippen LogP contribution in [-0.2, 0) is 0 Å². The molecular weight excluding hydrogens is 176 g/mol. The summed E-state index contributed by atoms with van der Waals surface area (Å²) < 4.78 is 0. The average Bonchev–Trinajstić information content (AvgIpc) is 2.18. The number of hydrogen-bond donors (Lipinski definition) is 1. The summed E-state index contributed by atoms with van der Waals surface area (Å²) in [5.74, 6) is 0.989. The molecule has 0 unspecified atom stereocenters. The first-order valence-electron chi connectivity index (χ1n) is 5.05. The second-order valence-corrected chi connectivity index (χ2v) is 3.81. The summed E-state index contributed by atoms with van der Waals surface area (Å²) in [6.45, 7) is 3.94. The van der Waals surface area contributed by atoms with Crippen molar-refractivity contribution in [2.75, 3.05) is 18.0 Å². The van der Waals surface area contributed by atoms with Crippen molar-refractivity contribution >= 4 is 5.82 Å². The van der Waals surface area contributed by atoms with Gasteiger partial charge in [-0.1, -0.05) is 0 Å². The highest BCUT2D eigenvalue weighted by Crippen LogP contribution is 2.18. The van der Waals surface area contributed by atoms with E-state index in [0.717, 1.165) is 37.4 Å². The number of aryl methyl sites for hydroxylation is 1. The molecule has 1 aliphatic heterocycles. The van der Waals surface area contributed by atoms with Crippen LogP contribution in [-0.4, -0.2) is 29.1 Å². The van der Waals surface area contributed by atoms with Gasteiger partial charge in [-0.3, -0.25) is 4.98 Å². The van der Waals surface area contributed by atoms with Crippen LogP contribution in [0.1, 0.15) is 18.5 Å². The van der Waals surface area contributed by atoms with Crippen LogP contribution in [0.2, 0.25) is 0 Å². The van der Waals surface area contributed by atoms with Gasteiger partial charge in [0.05, 0.1) is 5.69 Å². The standard InChI is InChI=1S/C10H16N4/c1-8-10(13-5-4-12-8)14-6-2-3-9(11)7-14/h4-5,9H,2-3,6-7,11H2,1H3/t9-/m1/s1. The van der Waals surface area contributed by atoms with Crippen LogP contribution in [0, 0.1) is 6.92 Å². The molecular formula is C10H16N4. The van der Waals surface area contributed by atoms with Gasteiger partial charge in [0.1, 0.15) is 5.82 Å². The van der Waals surface area contributed by atoms with E-state index in [9.17, 15) is 0 Å². The lowest BCUT2D eigenvalue weighted by Crippen LogP contribution is -2.43. The van der Waals surface area contributed by atoms with Crippen LogP contribution < -0.4 is 10.6 Å². The molecule has 76 valence electrons. The maximum absolute atomic E-state index is 5.92. The van der Waals surface area contributed by atoms with E-state index in [2.05, 4.69) is 14.9 Å². The fourth-order valence-electron chi connectivity index (χ4n) is 1.91. The Morgan fingerprint density at radius 2 is 2.21 bits per heavy atom. The summed E-state index contributed by atoms with van der Waals surface area (Å²) in [7, 11) is 0. The Bertz CT molecular complexity index is 313. The summed E-state index contributed by atoms with van der Waals surface area (Å²) in [5.41, 5.74) is 6.91. The van der Waals surface area contributed by atoms with Gasteiger partial charge in [-0.15, -0.1) is 0 Å². The molecule has 1 atom stereocenters. The molecule has 0 bridgehead atoms. The molecule has 4 nitrogen and oxygen atoms in total. The lowest BCUT2D eigenvalue weighted by Gasteiger charge is -2.32. The molecule has 0 aliphatic carbocycles. The molecule has 2 rings (SSSR count). The minimum Gasteiger partial charge on any atom is -0.354 e. The predicted octanol–water partition coefficient (Wildman–Crippen LogP) is 0.713. The third-order valence-electron chi connectivity index (χ3n) is 2.61. The third kappa shape index (κ3) is 1.85. The third-order valence-corrected chi connectivity index (χ3v) is 2.61.